The van der Waals surface area contributed by atoms with Crippen LogP contribution in [0.4, 0.5) is 5.82 Å². The summed E-state index contributed by atoms with van der Waals surface area (Å²) in [4.78, 5) is 9.33. The van der Waals surface area contributed by atoms with Crippen molar-refractivity contribution in [3.8, 4) is 6.07 Å². The van der Waals surface area contributed by atoms with E-state index in [4.69, 9.17) is 5.26 Å². The van der Waals surface area contributed by atoms with Crippen molar-refractivity contribution in [3.05, 3.63) is 38.9 Å². The first kappa shape index (κ1) is 12.0. The van der Waals surface area contributed by atoms with Gasteiger partial charge in [-0.25, -0.2) is 9.97 Å². The van der Waals surface area contributed by atoms with E-state index in [2.05, 4.69) is 37.3 Å². The summed E-state index contributed by atoms with van der Waals surface area (Å²) in [6.07, 6.45) is 3.98. The van der Waals surface area contributed by atoms with Crippen molar-refractivity contribution >= 4 is 33.1 Å². The van der Waals surface area contributed by atoms with Crippen molar-refractivity contribution in [1.82, 2.24) is 9.97 Å². The van der Waals surface area contributed by atoms with Crippen molar-refractivity contribution < 1.29 is 0 Å². The van der Waals surface area contributed by atoms with E-state index in [1.807, 2.05) is 12.1 Å². The molecule has 4 nitrogen and oxygen atoms in total. The van der Waals surface area contributed by atoms with Gasteiger partial charge in [0, 0.05) is 11.4 Å². The molecule has 0 aliphatic carbocycles. The first-order valence-electron chi connectivity index (χ1n) is 4.98. The maximum Gasteiger partial charge on any atom is 0.158 e. The SMILES string of the molecule is N#Cc1cnc(NCCc2ccc(Br)s2)cn1. The Morgan fingerprint density at radius 1 is 1.35 bits per heavy atom. The second-order valence-electron chi connectivity index (χ2n) is 3.28. The van der Waals surface area contributed by atoms with E-state index in [9.17, 15) is 0 Å². The fourth-order valence-electron chi connectivity index (χ4n) is 1.28. The maximum absolute atomic E-state index is 8.58. The van der Waals surface area contributed by atoms with Gasteiger partial charge < -0.3 is 5.32 Å². The average molecular weight is 309 g/mol. The molecular weight excluding hydrogens is 300 g/mol. The van der Waals surface area contributed by atoms with Gasteiger partial charge in [-0.1, -0.05) is 0 Å². The van der Waals surface area contributed by atoms with Gasteiger partial charge in [-0.3, -0.25) is 0 Å². The lowest BCUT2D eigenvalue weighted by atomic mass is 10.3. The minimum atomic E-state index is 0.331. The summed E-state index contributed by atoms with van der Waals surface area (Å²) in [5, 5.41) is 11.7. The molecule has 86 valence electrons. The lowest BCUT2D eigenvalue weighted by Crippen LogP contribution is -2.05. The third-order valence-electron chi connectivity index (χ3n) is 2.07. The molecule has 2 heterocycles. The summed E-state index contributed by atoms with van der Waals surface area (Å²) in [5.74, 6) is 0.694. The zero-order chi connectivity index (χ0) is 12.1. The third kappa shape index (κ3) is 3.51. The molecule has 0 aliphatic rings. The van der Waals surface area contributed by atoms with Crippen LogP contribution in [0, 0.1) is 11.3 Å². The van der Waals surface area contributed by atoms with Gasteiger partial charge in [0.2, 0.25) is 0 Å². The molecule has 2 aromatic heterocycles. The van der Waals surface area contributed by atoms with Gasteiger partial charge in [-0.05, 0) is 34.5 Å². The maximum atomic E-state index is 8.58. The van der Waals surface area contributed by atoms with Crippen molar-refractivity contribution in [1.29, 1.82) is 5.26 Å². The van der Waals surface area contributed by atoms with Gasteiger partial charge in [0.15, 0.2) is 5.69 Å². The van der Waals surface area contributed by atoms with Crippen LogP contribution in [0.3, 0.4) is 0 Å². The van der Waals surface area contributed by atoms with Crippen molar-refractivity contribution in [2.45, 2.75) is 6.42 Å². The Bertz CT molecular complexity index is 529. The molecule has 6 heteroatoms. The summed E-state index contributed by atoms with van der Waals surface area (Å²) in [5.41, 5.74) is 0.331. The summed E-state index contributed by atoms with van der Waals surface area (Å²) in [6, 6.07) is 6.08. The normalized spacial score (nSPS) is 9.88. The molecule has 0 unspecified atom stereocenters. The molecule has 2 rings (SSSR count). The molecule has 2 aromatic rings. The van der Waals surface area contributed by atoms with Crippen LogP contribution in [-0.4, -0.2) is 16.5 Å². The smallest absolute Gasteiger partial charge is 0.158 e. The molecule has 0 amide bonds. The molecule has 17 heavy (non-hydrogen) atoms. The molecule has 0 atom stereocenters. The Morgan fingerprint density at radius 3 is 2.82 bits per heavy atom. The molecule has 0 saturated carbocycles. The summed E-state index contributed by atoms with van der Waals surface area (Å²) in [7, 11) is 0. The number of anilines is 1. The van der Waals surface area contributed by atoms with Gasteiger partial charge in [0.1, 0.15) is 11.9 Å². The van der Waals surface area contributed by atoms with E-state index < -0.39 is 0 Å². The first-order valence-corrected chi connectivity index (χ1v) is 6.59. The van der Waals surface area contributed by atoms with Gasteiger partial charge in [0.25, 0.3) is 0 Å². The zero-order valence-corrected chi connectivity index (χ0v) is 11.3. The monoisotopic (exact) mass is 308 g/mol. The van der Waals surface area contributed by atoms with Crippen LogP contribution in [0.15, 0.2) is 28.3 Å². The number of hydrogen-bond donors (Lipinski definition) is 1. The fourth-order valence-corrected chi connectivity index (χ4v) is 2.76. The summed E-state index contributed by atoms with van der Waals surface area (Å²) in [6.45, 7) is 0.799. The Labute approximate surface area is 111 Å². The first-order chi connectivity index (χ1) is 8.28. The van der Waals surface area contributed by atoms with E-state index >= 15 is 0 Å². The second kappa shape index (κ2) is 5.75. The number of nitrogens with one attached hydrogen (secondary N) is 1. The predicted molar refractivity (Wildman–Crippen MR) is 71.0 cm³/mol. The van der Waals surface area contributed by atoms with E-state index in [0.29, 0.717) is 11.5 Å². The zero-order valence-electron chi connectivity index (χ0n) is 8.85. The van der Waals surface area contributed by atoms with Crippen LogP contribution < -0.4 is 5.32 Å². The molecule has 0 fully saturated rings. The van der Waals surface area contributed by atoms with E-state index in [1.165, 1.54) is 11.1 Å². The molecular formula is C11H9BrN4S. The van der Waals surface area contributed by atoms with Crippen LogP contribution in [0.2, 0.25) is 0 Å². The quantitative estimate of drug-likeness (QED) is 0.943. The van der Waals surface area contributed by atoms with Crippen LogP contribution in [0.5, 0.6) is 0 Å². The Morgan fingerprint density at radius 2 is 2.24 bits per heavy atom. The summed E-state index contributed by atoms with van der Waals surface area (Å²) < 4.78 is 1.14. The van der Waals surface area contributed by atoms with E-state index in [-0.39, 0.29) is 0 Å². The Hall–Kier alpha value is -1.45. The number of aromatic nitrogens is 2. The second-order valence-corrected chi connectivity index (χ2v) is 5.83. The molecule has 0 radical (unpaired) electrons. The minimum absolute atomic E-state index is 0.331. The third-order valence-corrected chi connectivity index (χ3v) is 3.76. The van der Waals surface area contributed by atoms with Crippen LogP contribution in [0.25, 0.3) is 0 Å². The number of thiophene rings is 1. The number of nitrogens with zero attached hydrogens (tertiary/aromatic N) is 3. The lowest BCUT2D eigenvalue weighted by Gasteiger charge is -2.03. The molecule has 0 aromatic carbocycles. The lowest BCUT2D eigenvalue weighted by molar-refractivity contribution is 1.02. The van der Waals surface area contributed by atoms with Crippen LogP contribution in [0.1, 0.15) is 10.6 Å². The highest BCUT2D eigenvalue weighted by Gasteiger charge is 1.99. The molecule has 1 N–H and O–H groups in total. The number of hydrogen-bond acceptors (Lipinski definition) is 5. The highest BCUT2D eigenvalue weighted by Crippen LogP contribution is 2.22. The van der Waals surface area contributed by atoms with Crippen molar-refractivity contribution in [3.63, 3.8) is 0 Å². The van der Waals surface area contributed by atoms with E-state index in [0.717, 1.165) is 16.8 Å². The Kier molecular flexibility index (Phi) is 4.07. The van der Waals surface area contributed by atoms with Crippen molar-refractivity contribution in [2.75, 3.05) is 11.9 Å². The van der Waals surface area contributed by atoms with E-state index in [1.54, 1.807) is 17.5 Å². The fraction of sp³-hybridized carbons (Fsp3) is 0.182. The largest absolute Gasteiger partial charge is 0.368 e. The minimum Gasteiger partial charge on any atom is -0.368 e. The van der Waals surface area contributed by atoms with Crippen molar-refractivity contribution in [2.24, 2.45) is 0 Å². The molecule has 0 aliphatic heterocycles. The topological polar surface area (TPSA) is 61.6 Å². The standard InChI is InChI=1S/C11H9BrN4S/c12-10-2-1-9(17-10)3-4-14-11-7-15-8(5-13)6-16-11/h1-2,6-7H,3-4H2,(H,14,16). The molecule has 0 bridgehead atoms. The van der Waals surface area contributed by atoms with Gasteiger partial charge >= 0.3 is 0 Å². The predicted octanol–water partition coefficient (Wildman–Crippen LogP) is 2.83. The highest BCUT2D eigenvalue weighted by molar-refractivity contribution is 9.11. The summed E-state index contributed by atoms with van der Waals surface area (Å²) >= 11 is 5.16. The Balaban J connectivity index is 1.84. The van der Waals surface area contributed by atoms with Gasteiger partial charge in [-0.15, -0.1) is 11.3 Å². The van der Waals surface area contributed by atoms with Gasteiger partial charge in [0.05, 0.1) is 16.2 Å². The van der Waals surface area contributed by atoms with Gasteiger partial charge in [-0.2, -0.15) is 5.26 Å². The average Bonchev–Trinajstić information content (AvgIpc) is 2.76. The van der Waals surface area contributed by atoms with Crippen LogP contribution in [-0.2, 0) is 6.42 Å². The van der Waals surface area contributed by atoms with Crippen LogP contribution >= 0.6 is 27.3 Å². The molecule has 0 saturated heterocycles. The highest BCUT2D eigenvalue weighted by atomic mass is 79.9. The number of rotatable bonds is 4. The molecule has 0 spiro atoms. The number of halogens is 1. The number of nitriles is 1.